The third-order valence-corrected chi connectivity index (χ3v) is 10.6. The van der Waals surface area contributed by atoms with E-state index < -0.39 is 0 Å². The van der Waals surface area contributed by atoms with Crippen LogP contribution in [0.2, 0.25) is 0 Å². The number of benzene rings is 5. The topological polar surface area (TPSA) is 30.7 Å². The lowest BCUT2D eigenvalue weighted by Crippen LogP contribution is -2.03. The molecule has 0 spiro atoms. The third-order valence-electron chi connectivity index (χ3n) is 8.05. The SMILES string of the molecule is c1ccc(-c2cccc(-c3cc(-c4ccccc4)nc(-n4c5ccccc5c5sc6c7ccccc7sc6c54)n3)c2)cc1. The number of para-hydroxylation sites is 1. The molecular weight excluding hydrogens is 563 g/mol. The molecule has 202 valence electrons. The fourth-order valence-electron chi connectivity index (χ4n) is 6.03. The Morgan fingerprint density at radius 1 is 0.442 bits per heavy atom. The smallest absolute Gasteiger partial charge is 0.235 e. The minimum Gasteiger partial charge on any atom is -0.276 e. The molecule has 4 aromatic heterocycles. The van der Waals surface area contributed by atoms with Gasteiger partial charge in [0.15, 0.2) is 0 Å². The van der Waals surface area contributed by atoms with Crippen molar-refractivity contribution < 1.29 is 0 Å². The van der Waals surface area contributed by atoms with Crippen molar-refractivity contribution in [1.82, 2.24) is 14.5 Å². The first-order valence-corrected chi connectivity index (χ1v) is 15.9. The monoisotopic (exact) mass is 585 g/mol. The van der Waals surface area contributed by atoms with Gasteiger partial charge in [-0.05, 0) is 35.4 Å². The molecule has 43 heavy (non-hydrogen) atoms. The molecule has 9 aromatic rings. The zero-order valence-corrected chi connectivity index (χ0v) is 24.6. The van der Waals surface area contributed by atoms with E-state index in [0.29, 0.717) is 5.95 Å². The van der Waals surface area contributed by atoms with Gasteiger partial charge in [-0.1, -0.05) is 115 Å². The van der Waals surface area contributed by atoms with Gasteiger partial charge < -0.3 is 0 Å². The lowest BCUT2D eigenvalue weighted by molar-refractivity contribution is 0.999. The van der Waals surface area contributed by atoms with E-state index >= 15 is 0 Å². The van der Waals surface area contributed by atoms with Gasteiger partial charge in [0.2, 0.25) is 5.95 Å². The van der Waals surface area contributed by atoms with Crippen molar-refractivity contribution in [3.05, 3.63) is 140 Å². The van der Waals surface area contributed by atoms with Crippen molar-refractivity contribution in [2.75, 3.05) is 0 Å². The fraction of sp³-hybridized carbons (Fsp3) is 0. The molecule has 0 bridgehead atoms. The average Bonchev–Trinajstić information content (AvgIpc) is 3.73. The van der Waals surface area contributed by atoms with Gasteiger partial charge in [0, 0.05) is 26.6 Å². The number of aromatic nitrogens is 3. The highest BCUT2D eigenvalue weighted by molar-refractivity contribution is 7.37. The maximum atomic E-state index is 5.31. The van der Waals surface area contributed by atoms with Crippen LogP contribution in [0, 0.1) is 0 Å². The second-order valence-corrected chi connectivity index (χ2v) is 12.7. The molecule has 0 aliphatic rings. The van der Waals surface area contributed by atoms with E-state index in [-0.39, 0.29) is 0 Å². The van der Waals surface area contributed by atoms with Crippen LogP contribution in [0.4, 0.5) is 0 Å². The molecule has 0 unspecified atom stereocenters. The van der Waals surface area contributed by atoms with Gasteiger partial charge >= 0.3 is 0 Å². The Hall–Kier alpha value is -5.10. The third kappa shape index (κ3) is 3.93. The second kappa shape index (κ2) is 9.73. The number of thiophene rings is 2. The van der Waals surface area contributed by atoms with E-state index in [2.05, 4.69) is 138 Å². The standard InChI is InChI=1S/C38H23N3S2/c1-3-12-24(13-4-1)26-16-11-17-27(22-26)31-23-30(25-14-5-2-6-15-25)39-38(40-31)41-32-20-9-7-18-28(32)35-34(41)37-36(43-35)29-19-8-10-21-33(29)42-37/h1-23H. The van der Waals surface area contributed by atoms with Crippen molar-refractivity contribution in [2.24, 2.45) is 0 Å². The summed E-state index contributed by atoms with van der Waals surface area (Å²) in [5.74, 6) is 0.685. The molecule has 0 aliphatic heterocycles. The van der Waals surface area contributed by atoms with Gasteiger partial charge in [-0.2, -0.15) is 0 Å². The molecule has 4 heterocycles. The number of rotatable bonds is 4. The maximum Gasteiger partial charge on any atom is 0.235 e. The van der Waals surface area contributed by atoms with Crippen LogP contribution in [0.5, 0.6) is 0 Å². The minimum absolute atomic E-state index is 0.685. The van der Waals surface area contributed by atoms with E-state index in [0.717, 1.165) is 33.6 Å². The van der Waals surface area contributed by atoms with E-state index in [1.165, 1.54) is 40.7 Å². The van der Waals surface area contributed by atoms with Crippen molar-refractivity contribution in [2.45, 2.75) is 0 Å². The van der Waals surface area contributed by atoms with Crippen LogP contribution in [0.1, 0.15) is 0 Å². The Morgan fingerprint density at radius 2 is 1.07 bits per heavy atom. The molecule has 0 amide bonds. The molecular formula is C38H23N3S2. The molecule has 0 N–H and O–H groups in total. The van der Waals surface area contributed by atoms with Crippen molar-refractivity contribution in [3.8, 4) is 39.6 Å². The van der Waals surface area contributed by atoms with Gasteiger partial charge in [-0.3, -0.25) is 4.57 Å². The molecule has 0 fully saturated rings. The van der Waals surface area contributed by atoms with Crippen LogP contribution < -0.4 is 0 Å². The van der Waals surface area contributed by atoms with Gasteiger partial charge in [0.1, 0.15) is 0 Å². The summed E-state index contributed by atoms with van der Waals surface area (Å²) in [7, 11) is 0. The molecule has 0 aliphatic carbocycles. The minimum atomic E-state index is 0.685. The second-order valence-electron chi connectivity index (χ2n) is 10.6. The number of fused-ring (bicyclic) bond motifs is 7. The van der Waals surface area contributed by atoms with Gasteiger partial charge in [-0.25, -0.2) is 9.97 Å². The molecule has 5 heteroatoms. The Morgan fingerprint density at radius 3 is 1.88 bits per heavy atom. The number of hydrogen-bond donors (Lipinski definition) is 0. The normalized spacial score (nSPS) is 11.7. The summed E-state index contributed by atoms with van der Waals surface area (Å²) in [6.07, 6.45) is 0. The Kier molecular flexibility index (Phi) is 5.54. The van der Waals surface area contributed by atoms with Gasteiger partial charge in [0.25, 0.3) is 0 Å². The summed E-state index contributed by atoms with van der Waals surface area (Å²) < 4.78 is 7.50. The van der Waals surface area contributed by atoms with Crippen LogP contribution in [0.25, 0.3) is 80.2 Å². The maximum absolute atomic E-state index is 5.31. The summed E-state index contributed by atoms with van der Waals surface area (Å²) in [4.78, 5) is 10.6. The lowest BCUT2D eigenvalue weighted by atomic mass is 10.0. The zero-order valence-electron chi connectivity index (χ0n) is 22.9. The average molecular weight is 586 g/mol. The quantitative estimate of drug-likeness (QED) is 0.206. The van der Waals surface area contributed by atoms with Crippen molar-refractivity contribution >= 4 is 63.3 Å². The zero-order chi connectivity index (χ0) is 28.3. The number of hydrogen-bond acceptors (Lipinski definition) is 4. The van der Waals surface area contributed by atoms with Crippen LogP contribution in [-0.4, -0.2) is 14.5 Å². The van der Waals surface area contributed by atoms with Crippen molar-refractivity contribution in [3.63, 3.8) is 0 Å². The summed E-state index contributed by atoms with van der Waals surface area (Å²) in [5.41, 5.74) is 8.59. The fourth-order valence-corrected chi connectivity index (χ4v) is 8.81. The molecule has 9 rings (SSSR count). The highest BCUT2D eigenvalue weighted by atomic mass is 32.1. The molecule has 3 nitrogen and oxygen atoms in total. The van der Waals surface area contributed by atoms with Crippen LogP contribution >= 0.6 is 22.7 Å². The van der Waals surface area contributed by atoms with Gasteiger partial charge in [0.05, 0.1) is 36.5 Å². The molecule has 0 atom stereocenters. The largest absolute Gasteiger partial charge is 0.276 e. The van der Waals surface area contributed by atoms with E-state index in [9.17, 15) is 0 Å². The van der Waals surface area contributed by atoms with Gasteiger partial charge in [-0.15, -0.1) is 22.7 Å². The van der Waals surface area contributed by atoms with E-state index in [1.54, 1.807) is 0 Å². The highest BCUT2D eigenvalue weighted by Crippen LogP contribution is 2.48. The Balaban J connectivity index is 1.35. The first-order valence-electron chi connectivity index (χ1n) is 14.3. The summed E-state index contributed by atoms with van der Waals surface area (Å²) in [5, 5.41) is 2.55. The lowest BCUT2D eigenvalue weighted by Gasteiger charge is -2.12. The molecule has 0 saturated heterocycles. The predicted molar refractivity (Wildman–Crippen MR) is 183 cm³/mol. The summed E-state index contributed by atoms with van der Waals surface area (Å²) >= 11 is 3.73. The van der Waals surface area contributed by atoms with Crippen LogP contribution in [-0.2, 0) is 0 Å². The van der Waals surface area contributed by atoms with Crippen molar-refractivity contribution in [1.29, 1.82) is 0 Å². The van der Waals surface area contributed by atoms with Crippen LogP contribution in [0.15, 0.2) is 140 Å². The number of nitrogens with zero attached hydrogens (tertiary/aromatic N) is 3. The summed E-state index contributed by atoms with van der Waals surface area (Å²) in [6, 6.07) is 49.0. The highest BCUT2D eigenvalue weighted by Gasteiger charge is 2.23. The van der Waals surface area contributed by atoms with Crippen LogP contribution in [0.3, 0.4) is 0 Å². The first-order chi connectivity index (χ1) is 21.3. The molecule has 5 aromatic carbocycles. The van der Waals surface area contributed by atoms with E-state index in [1.807, 2.05) is 28.7 Å². The Bertz CT molecular complexity index is 2450. The molecule has 0 radical (unpaired) electrons. The first kappa shape index (κ1) is 24.5. The predicted octanol–water partition coefficient (Wildman–Crippen LogP) is 11.0. The molecule has 0 saturated carbocycles. The summed E-state index contributed by atoms with van der Waals surface area (Å²) in [6.45, 7) is 0. The Labute approximate surface area is 256 Å². The van der Waals surface area contributed by atoms with E-state index in [4.69, 9.17) is 9.97 Å².